The number of methoxy groups -OCH3 is 1. The summed E-state index contributed by atoms with van der Waals surface area (Å²) in [6, 6.07) is 17.1. The highest BCUT2D eigenvalue weighted by molar-refractivity contribution is 7.15. The first-order chi connectivity index (χ1) is 14.5. The van der Waals surface area contributed by atoms with Crippen molar-refractivity contribution in [2.45, 2.75) is 18.9 Å². The van der Waals surface area contributed by atoms with Gasteiger partial charge < -0.3 is 15.0 Å². The summed E-state index contributed by atoms with van der Waals surface area (Å²) in [5.74, 6) is 0.0713. The molecule has 2 amide bonds. The number of likely N-dealkylation sites (tertiary alicyclic amines) is 1. The third-order valence-electron chi connectivity index (χ3n) is 5.28. The standard InChI is InChI=1S/C22H22N4O3S/c1-26-19(27)13-17(20(26)15-6-4-3-5-7-15)21(28)23-22-25-24-18(30-22)12-14-8-10-16(29-2)11-9-14/h3-11,17,20H,12-13H2,1-2H3,(H,23,25,28)/t17-,20-/m1/s1. The van der Waals surface area contributed by atoms with E-state index in [0.29, 0.717) is 11.6 Å². The Morgan fingerprint density at radius 3 is 2.60 bits per heavy atom. The van der Waals surface area contributed by atoms with E-state index in [1.807, 2.05) is 54.6 Å². The fourth-order valence-electron chi connectivity index (χ4n) is 3.70. The van der Waals surface area contributed by atoms with E-state index in [9.17, 15) is 9.59 Å². The Hall–Kier alpha value is -3.26. The van der Waals surface area contributed by atoms with Crippen LogP contribution < -0.4 is 10.1 Å². The number of aromatic nitrogens is 2. The highest BCUT2D eigenvalue weighted by atomic mass is 32.1. The molecule has 30 heavy (non-hydrogen) atoms. The number of hydrogen-bond donors (Lipinski definition) is 1. The Kier molecular flexibility index (Phi) is 5.76. The number of benzene rings is 2. The molecule has 2 atom stereocenters. The first kappa shape index (κ1) is 20.0. The molecule has 2 aromatic carbocycles. The van der Waals surface area contributed by atoms with Crippen LogP contribution in [-0.4, -0.2) is 41.1 Å². The SMILES string of the molecule is COc1ccc(Cc2nnc(NC(=O)[C@@H]3CC(=O)N(C)[C@@H]3c3ccccc3)s2)cc1. The van der Waals surface area contributed by atoms with Crippen LogP contribution >= 0.6 is 11.3 Å². The van der Waals surface area contributed by atoms with Crippen molar-refractivity contribution in [1.82, 2.24) is 15.1 Å². The lowest BCUT2D eigenvalue weighted by Gasteiger charge is -2.24. The normalized spacial score (nSPS) is 18.5. The molecular formula is C22H22N4O3S. The van der Waals surface area contributed by atoms with Crippen LogP contribution in [0.3, 0.4) is 0 Å². The smallest absolute Gasteiger partial charge is 0.232 e. The summed E-state index contributed by atoms with van der Waals surface area (Å²) < 4.78 is 5.17. The van der Waals surface area contributed by atoms with E-state index < -0.39 is 5.92 Å². The van der Waals surface area contributed by atoms with Crippen molar-refractivity contribution in [3.8, 4) is 5.75 Å². The molecule has 0 unspecified atom stereocenters. The van der Waals surface area contributed by atoms with Crippen molar-refractivity contribution >= 4 is 28.3 Å². The fourth-order valence-corrected chi connectivity index (χ4v) is 4.48. The summed E-state index contributed by atoms with van der Waals surface area (Å²) in [5, 5.41) is 12.4. The molecule has 0 saturated carbocycles. The number of nitrogens with one attached hydrogen (secondary N) is 1. The molecule has 3 aromatic rings. The van der Waals surface area contributed by atoms with E-state index in [-0.39, 0.29) is 24.3 Å². The van der Waals surface area contributed by atoms with E-state index in [1.54, 1.807) is 19.1 Å². The molecule has 1 aliphatic heterocycles. The molecular weight excluding hydrogens is 400 g/mol. The van der Waals surface area contributed by atoms with E-state index in [0.717, 1.165) is 21.9 Å². The van der Waals surface area contributed by atoms with Crippen LogP contribution in [0.25, 0.3) is 0 Å². The van der Waals surface area contributed by atoms with Gasteiger partial charge in [-0.15, -0.1) is 10.2 Å². The first-order valence-corrected chi connectivity index (χ1v) is 10.4. The van der Waals surface area contributed by atoms with Gasteiger partial charge >= 0.3 is 0 Å². The van der Waals surface area contributed by atoms with Gasteiger partial charge in [0.1, 0.15) is 10.8 Å². The third kappa shape index (κ3) is 4.18. The lowest BCUT2D eigenvalue weighted by molar-refractivity contribution is -0.127. The molecule has 1 saturated heterocycles. The zero-order valence-electron chi connectivity index (χ0n) is 16.7. The Morgan fingerprint density at radius 1 is 1.17 bits per heavy atom. The maximum atomic E-state index is 13.0. The molecule has 0 aliphatic carbocycles. The monoisotopic (exact) mass is 422 g/mol. The van der Waals surface area contributed by atoms with Crippen molar-refractivity contribution in [2.24, 2.45) is 5.92 Å². The molecule has 8 heteroatoms. The van der Waals surface area contributed by atoms with Gasteiger partial charge in [-0.25, -0.2) is 0 Å². The Morgan fingerprint density at radius 2 is 1.90 bits per heavy atom. The highest BCUT2D eigenvalue weighted by Crippen LogP contribution is 2.37. The van der Waals surface area contributed by atoms with Gasteiger partial charge in [0.05, 0.1) is 19.1 Å². The topological polar surface area (TPSA) is 84.4 Å². The van der Waals surface area contributed by atoms with Crippen LogP contribution in [0.5, 0.6) is 5.75 Å². The predicted octanol–water partition coefficient (Wildman–Crippen LogP) is 3.30. The van der Waals surface area contributed by atoms with Gasteiger partial charge in [0.2, 0.25) is 16.9 Å². The van der Waals surface area contributed by atoms with E-state index in [1.165, 1.54) is 11.3 Å². The maximum Gasteiger partial charge on any atom is 0.232 e. The van der Waals surface area contributed by atoms with E-state index in [2.05, 4.69) is 15.5 Å². The molecule has 1 aromatic heterocycles. The largest absolute Gasteiger partial charge is 0.497 e. The van der Waals surface area contributed by atoms with Gasteiger partial charge in [0.15, 0.2) is 0 Å². The number of anilines is 1. The second kappa shape index (κ2) is 8.62. The van der Waals surface area contributed by atoms with Crippen LogP contribution in [0.1, 0.15) is 28.6 Å². The van der Waals surface area contributed by atoms with Gasteiger partial charge in [-0.1, -0.05) is 53.8 Å². The number of ether oxygens (including phenoxy) is 1. The average Bonchev–Trinajstić information content (AvgIpc) is 3.33. The molecule has 4 rings (SSSR count). The fraction of sp³-hybridized carbons (Fsp3) is 0.273. The summed E-state index contributed by atoms with van der Waals surface area (Å²) >= 11 is 1.34. The maximum absolute atomic E-state index is 13.0. The Balaban J connectivity index is 1.45. The van der Waals surface area contributed by atoms with Crippen LogP contribution in [0.4, 0.5) is 5.13 Å². The lowest BCUT2D eigenvalue weighted by Crippen LogP contribution is -2.29. The molecule has 1 N–H and O–H groups in total. The highest BCUT2D eigenvalue weighted by Gasteiger charge is 2.42. The summed E-state index contributed by atoms with van der Waals surface area (Å²) in [4.78, 5) is 26.9. The minimum atomic E-state index is -0.473. The van der Waals surface area contributed by atoms with Crippen molar-refractivity contribution in [1.29, 1.82) is 0 Å². The second-order valence-corrected chi connectivity index (χ2v) is 8.25. The quantitative estimate of drug-likeness (QED) is 0.659. The number of rotatable bonds is 6. The van der Waals surface area contributed by atoms with Crippen molar-refractivity contribution < 1.29 is 14.3 Å². The van der Waals surface area contributed by atoms with Crippen LogP contribution in [0.2, 0.25) is 0 Å². The average molecular weight is 423 g/mol. The summed E-state index contributed by atoms with van der Waals surface area (Å²) in [6.45, 7) is 0. The lowest BCUT2D eigenvalue weighted by atomic mass is 9.93. The number of amides is 2. The van der Waals surface area contributed by atoms with Crippen LogP contribution in [0.15, 0.2) is 54.6 Å². The zero-order valence-corrected chi connectivity index (χ0v) is 17.6. The van der Waals surface area contributed by atoms with Crippen molar-refractivity contribution in [2.75, 3.05) is 19.5 Å². The molecule has 154 valence electrons. The summed E-state index contributed by atoms with van der Waals surface area (Å²) in [5.41, 5.74) is 2.03. The second-order valence-electron chi connectivity index (χ2n) is 7.19. The number of nitrogens with zero attached hydrogens (tertiary/aromatic N) is 3. The number of hydrogen-bond acceptors (Lipinski definition) is 6. The Labute approximate surface area is 178 Å². The molecule has 0 bridgehead atoms. The molecule has 1 fully saturated rings. The van der Waals surface area contributed by atoms with Gasteiger partial charge in [0.25, 0.3) is 0 Å². The van der Waals surface area contributed by atoms with Crippen LogP contribution in [-0.2, 0) is 16.0 Å². The molecule has 2 heterocycles. The molecule has 0 spiro atoms. The predicted molar refractivity (Wildman–Crippen MR) is 114 cm³/mol. The number of carbonyl (C=O) groups is 2. The molecule has 0 radical (unpaired) electrons. The minimum Gasteiger partial charge on any atom is -0.497 e. The van der Waals surface area contributed by atoms with Gasteiger partial charge in [-0.2, -0.15) is 0 Å². The van der Waals surface area contributed by atoms with Gasteiger partial charge in [-0.05, 0) is 23.3 Å². The van der Waals surface area contributed by atoms with E-state index >= 15 is 0 Å². The van der Waals surface area contributed by atoms with Crippen molar-refractivity contribution in [3.05, 3.63) is 70.7 Å². The number of carbonyl (C=O) groups excluding carboxylic acids is 2. The van der Waals surface area contributed by atoms with Gasteiger partial charge in [0, 0.05) is 19.9 Å². The summed E-state index contributed by atoms with van der Waals surface area (Å²) in [7, 11) is 3.37. The van der Waals surface area contributed by atoms with Gasteiger partial charge in [-0.3, -0.25) is 9.59 Å². The molecule has 1 aliphatic rings. The minimum absolute atomic E-state index is 0.0403. The first-order valence-electron chi connectivity index (χ1n) is 9.62. The third-order valence-corrected chi connectivity index (χ3v) is 6.11. The Bertz CT molecular complexity index is 1040. The summed E-state index contributed by atoms with van der Waals surface area (Å²) in [6.07, 6.45) is 0.800. The van der Waals surface area contributed by atoms with Crippen molar-refractivity contribution in [3.63, 3.8) is 0 Å². The molecule has 7 nitrogen and oxygen atoms in total. The van der Waals surface area contributed by atoms with E-state index in [4.69, 9.17) is 4.74 Å². The van der Waals surface area contributed by atoms with Crippen LogP contribution in [0, 0.1) is 5.92 Å². The zero-order chi connectivity index (χ0) is 21.1.